The van der Waals surface area contributed by atoms with Crippen LogP contribution >= 0.6 is 0 Å². The fourth-order valence-corrected chi connectivity index (χ4v) is 4.32. The molecule has 0 saturated heterocycles. The van der Waals surface area contributed by atoms with Crippen LogP contribution in [0.4, 0.5) is 5.69 Å². The number of hydrogen-bond donors (Lipinski definition) is 1. The van der Waals surface area contributed by atoms with E-state index in [0.717, 1.165) is 33.9 Å². The monoisotopic (exact) mass is 495 g/mol. The molecule has 4 aromatic carbocycles. The zero-order valence-corrected chi connectivity index (χ0v) is 20.7. The van der Waals surface area contributed by atoms with Crippen LogP contribution in [0.1, 0.15) is 22.3 Å². The number of ether oxygens (including phenoxy) is 3. The molecule has 0 aliphatic carbocycles. The first-order valence-electron chi connectivity index (χ1n) is 12.3. The molecule has 0 spiro atoms. The van der Waals surface area contributed by atoms with E-state index in [2.05, 4.69) is 42.2 Å². The number of carboxylic acids is 1. The summed E-state index contributed by atoms with van der Waals surface area (Å²) in [6.07, 6.45) is -0.655. The first-order valence-corrected chi connectivity index (χ1v) is 12.3. The van der Waals surface area contributed by atoms with Crippen molar-refractivity contribution in [2.45, 2.75) is 32.5 Å². The molecule has 1 aliphatic heterocycles. The average molecular weight is 496 g/mol. The Morgan fingerprint density at radius 1 is 0.838 bits per heavy atom. The summed E-state index contributed by atoms with van der Waals surface area (Å²) >= 11 is 0. The topological polar surface area (TPSA) is 68.2 Å². The molecule has 0 saturated carbocycles. The van der Waals surface area contributed by atoms with Gasteiger partial charge in [0.25, 0.3) is 0 Å². The Hall–Kier alpha value is -4.45. The summed E-state index contributed by atoms with van der Waals surface area (Å²) in [4.78, 5) is 14.1. The molecule has 1 atom stereocenters. The Morgan fingerprint density at radius 2 is 1.51 bits per heavy atom. The van der Waals surface area contributed by atoms with E-state index in [0.29, 0.717) is 25.3 Å². The van der Waals surface area contributed by atoms with E-state index in [-0.39, 0.29) is 6.79 Å². The number of hydrogen-bond acceptors (Lipinski definition) is 5. The lowest BCUT2D eigenvalue weighted by molar-refractivity contribution is -0.145. The third-order valence-electron chi connectivity index (χ3n) is 6.32. The fourth-order valence-electron chi connectivity index (χ4n) is 4.32. The maximum Gasteiger partial charge on any atom is 0.345 e. The zero-order valence-electron chi connectivity index (χ0n) is 20.7. The van der Waals surface area contributed by atoms with Gasteiger partial charge in [-0.1, -0.05) is 66.2 Å². The third-order valence-corrected chi connectivity index (χ3v) is 6.32. The van der Waals surface area contributed by atoms with Crippen molar-refractivity contribution >= 4 is 11.7 Å². The van der Waals surface area contributed by atoms with E-state index in [1.807, 2.05) is 66.7 Å². The van der Waals surface area contributed by atoms with E-state index in [1.165, 1.54) is 5.56 Å². The van der Waals surface area contributed by atoms with Crippen molar-refractivity contribution in [1.82, 2.24) is 0 Å². The summed E-state index contributed by atoms with van der Waals surface area (Å²) in [6.45, 7) is 3.69. The number of carbonyl (C=O) groups is 1. The van der Waals surface area contributed by atoms with Crippen molar-refractivity contribution in [3.63, 3.8) is 0 Å². The molecular formula is C31H29NO5. The first-order chi connectivity index (χ1) is 18.0. The van der Waals surface area contributed by atoms with Gasteiger partial charge in [0.05, 0.1) is 0 Å². The molecule has 0 amide bonds. The highest BCUT2D eigenvalue weighted by Crippen LogP contribution is 2.33. The van der Waals surface area contributed by atoms with Gasteiger partial charge in [0.1, 0.15) is 5.75 Å². The van der Waals surface area contributed by atoms with Crippen LogP contribution in [0.2, 0.25) is 0 Å². The van der Waals surface area contributed by atoms with Gasteiger partial charge in [-0.15, -0.1) is 0 Å². The minimum absolute atomic E-state index is 0.253. The van der Waals surface area contributed by atoms with Crippen molar-refractivity contribution in [3.05, 3.63) is 119 Å². The van der Waals surface area contributed by atoms with E-state index < -0.39 is 12.1 Å². The molecule has 0 aromatic heterocycles. The van der Waals surface area contributed by atoms with Crippen LogP contribution in [0.25, 0.3) is 0 Å². The summed E-state index contributed by atoms with van der Waals surface area (Å²) in [5.74, 6) is 1.09. The summed E-state index contributed by atoms with van der Waals surface area (Å²) < 4.78 is 16.9. The zero-order chi connectivity index (χ0) is 25.6. The molecular weight excluding hydrogens is 466 g/mol. The second kappa shape index (κ2) is 11.1. The van der Waals surface area contributed by atoms with Crippen LogP contribution in [0.5, 0.6) is 17.2 Å². The van der Waals surface area contributed by atoms with Gasteiger partial charge in [-0.2, -0.15) is 0 Å². The summed E-state index contributed by atoms with van der Waals surface area (Å²) in [7, 11) is 0. The second-order valence-corrected chi connectivity index (χ2v) is 9.16. The molecule has 4 aromatic rings. The number of fused-ring (bicyclic) bond motifs is 1. The third kappa shape index (κ3) is 6.22. The lowest BCUT2D eigenvalue weighted by Crippen LogP contribution is -2.29. The molecule has 6 nitrogen and oxygen atoms in total. The van der Waals surface area contributed by atoms with Gasteiger partial charge in [-0.25, -0.2) is 4.79 Å². The van der Waals surface area contributed by atoms with Gasteiger partial charge in [-0.3, -0.25) is 0 Å². The number of benzene rings is 4. The summed E-state index contributed by atoms with van der Waals surface area (Å²) in [6, 6.07) is 31.7. The van der Waals surface area contributed by atoms with E-state index >= 15 is 0 Å². The fraction of sp³-hybridized carbons (Fsp3) is 0.194. The molecule has 5 rings (SSSR count). The normalized spacial score (nSPS) is 12.7. The number of carboxylic acid groups (broad SMARTS) is 1. The van der Waals surface area contributed by atoms with Crippen molar-refractivity contribution in [2.24, 2.45) is 0 Å². The van der Waals surface area contributed by atoms with E-state index in [1.54, 1.807) is 0 Å². The maximum atomic E-state index is 11.8. The Balaban J connectivity index is 1.30. The van der Waals surface area contributed by atoms with Crippen molar-refractivity contribution in [2.75, 3.05) is 11.7 Å². The molecule has 0 fully saturated rings. The van der Waals surface area contributed by atoms with Crippen LogP contribution in [-0.4, -0.2) is 24.0 Å². The smallest absolute Gasteiger partial charge is 0.345 e. The summed E-state index contributed by atoms with van der Waals surface area (Å²) in [5.41, 5.74) is 5.44. The van der Waals surface area contributed by atoms with Crippen molar-refractivity contribution in [1.29, 1.82) is 0 Å². The number of aryl methyl sites for hydroxylation is 1. The quantitative estimate of drug-likeness (QED) is 0.291. The lowest BCUT2D eigenvalue weighted by Gasteiger charge is -2.26. The molecule has 0 radical (unpaired) electrons. The Labute approximate surface area is 216 Å². The predicted molar refractivity (Wildman–Crippen MR) is 142 cm³/mol. The Morgan fingerprint density at radius 3 is 2.24 bits per heavy atom. The SMILES string of the molecule is Cc1ccc(N(Cc2ccc(OC(Cc3ccccc3)C(=O)O)cc2)Cc2ccc3c(c2)OCO3)cc1. The van der Waals surface area contributed by atoms with Gasteiger partial charge in [0.15, 0.2) is 17.6 Å². The lowest BCUT2D eigenvalue weighted by atomic mass is 10.1. The molecule has 6 heteroatoms. The highest BCUT2D eigenvalue weighted by atomic mass is 16.7. The van der Waals surface area contributed by atoms with Gasteiger partial charge >= 0.3 is 5.97 Å². The largest absolute Gasteiger partial charge is 0.478 e. The van der Waals surface area contributed by atoms with Gasteiger partial charge < -0.3 is 24.2 Å². The van der Waals surface area contributed by atoms with Crippen LogP contribution in [0.3, 0.4) is 0 Å². The van der Waals surface area contributed by atoms with Gasteiger partial charge in [0.2, 0.25) is 6.79 Å². The minimum Gasteiger partial charge on any atom is -0.478 e. The van der Waals surface area contributed by atoms with E-state index in [4.69, 9.17) is 14.2 Å². The Bertz CT molecular complexity index is 1340. The average Bonchev–Trinajstić information content (AvgIpc) is 3.38. The Kier molecular flexibility index (Phi) is 7.26. The van der Waals surface area contributed by atoms with Gasteiger partial charge in [-0.05, 0) is 60.0 Å². The number of rotatable bonds is 10. The van der Waals surface area contributed by atoms with Crippen molar-refractivity contribution in [3.8, 4) is 17.2 Å². The van der Waals surface area contributed by atoms with E-state index in [9.17, 15) is 9.90 Å². The van der Waals surface area contributed by atoms with Crippen LogP contribution in [0, 0.1) is 6.92 Å². The van der Waals surface area contributed by atoms with Crippen LogP contribution < -0.4 is 19.1 Å². The highest BCUT2D eigenvalue weighted by Gasteiger charge is 2.20. The number of nitrogens with zero attached hydrogens (tertiary/aromatic N) is 1. The standard InChI is InChI=1S/C31H29NO5/c1-22-7-12-26(13-8-22)32(20-25-11-16-28-29(18-25)36-21-35-28)19-24-9-14-27(15-10-24)37-30(31(33)34)17-23-5-3-2-4-6-23/h2-16,18,30H,17,19-21H2,1H3,(H,33,34). The molecule has 1 heterocycles. The number of aliphatic carboxylic acids is 1. The molecule has 0 bridgehead atoms. The maximum absolute atomic E-state index is 11.8. The number of anilines is 1. The molecule has 1 aliphatic rings. The van der Waals surface area contributed by atoms with Gasteiger partial charge in [0, 0.05) is 25.2 Å². The van der Waals surface area contributed by atoms with Crippen LogP contribution in [0.15, 0.2) is 97.1 Å². The highest BCUT2D eigenvalue weighted by molar-refractivity contribution is 5.73. The minimum atomic E-state index is -0.984. The molecule has 37 heavy (non-hydrogen) atoms. The molecule has 1 unspecified atom stereocenters. The molecule has 188 valence electrons. The second-order valence-electron chi connectivity index (χ2n) is 9.16. The van der Waals surface area contributed by atoms with Crippen LogP contribution in [-0.2, 0) is 24.3 Å². The van der Waals surface area contributed by atoms with Crippen molar-refractivity contribution < 1.29 is 24.1 Å². The first kappa shape index (κ1) is 24.3. The summed E-state index contributed by atoms with van der Waals surface area (Å²) in [5, 5.41) is 9.67. The molecule has 1 N–H and O–H groups in total. The predicted octanol–water partition coefficient (Wildman–Crippen LogP) is 6.01.